The van der Waals surface area contributed by atoms with Crippen LogP contribution in [0.1, 0.15) is 50.3 Å². The first-order chi connectivity index (χ1) is 15.7. The van der Waals surface area contributed by atoms with Crippen LogP contribution in [0.25, 0.3) is 21.5 Å². The van der Waals surface area contributed by atoms with Gasteiger partial charge < -0.3 is 0 Å². The smallest absolute Gasteiger partial charge is 0.00196 e. The van der Waals surface area contributed by atoms with Crippen LogP contribution in [-0.2, 0) is 6.42 Å². The molecule has 5 aromatic rings. The van der Waals surface area contributed by atoms with Gasteiger partial charge in [0.2, 0.25) is 0 Å². The van der Waals surface area contributed by atoms with Crippen molar-refractivity contribution in [1.82, 2.24) is 0 Å². The van der Waals surface area contributed by atoms with Crippen LogP contribution in [-0.4, -0.2) is 0 Å². The zero-order valence-corrected chi connectivity index (χ0v) is 19.8. The molecule has 162 valence electrons. The Kier molecular flexibility index (Phi) is 8.63. The van der Waals surface area contributed by atoms with Crippen LogP contribution in [0.3, 0.4) is 0 Å². The maximum absolute atomic E-state index is 2.24. The van der Waals surface area contributed by atoms with E-state index >= 15 is 0 Å². The summed E-state index contributed by atoms with van der Waals surface area (Å²) in [6, 6.07) is 40.8. The molecule has 0 aliphatic rings. The average molecular weight is 419 g/mol. The van der Waals surface area contributed by atoms with Crippen molar-refractivity contribution in [2.45, 2.75) is 40.0 Å². The van der Waals surface area contributed by atoms with Crippen molar-refractivity contribution in [3.05, 3.63) is 132 Å². The van der Waals surface area contributed by atoms with Gasteiger partial charge >= 0.3 is 0 Å². The molecule has 0 aliphatic heterocycles. The Morgan fingerprint density at radius 3 is 1.66 bits per heavy atom. The number of benzene rings is 5. The van der Waals surface area contributed by atoms with E-state index in [0.29, 0.717) is 5.92 Å². The molecule has 0 saturated heterocycles. The van der Waals surface area contributed by atoms with Gasteiger partial charge in [-0.05, 0) is 50.6 Å². The fraction of sp³-hybridized carbons (Fsp3) is 0.188. The molecule has 0 radical (unpaired) electrons. The van der Waals surface area contributed by atoms with Gasteiger partial charge in [-0.25, -0.2) is 0 Å². The molecule has 0 aliphatic carbocycles. The first-order valence-electron chi connectivity index (χ1n) is 11.7. The van der Waals surface area contributed by atoms with Gasteiger partial charge in [-0.15, -0.1) is 0 Å². The van der Waals surface area contributed by atoms with E-state index in [4.69, 9.17) is 0 Å². The highest BCUT2D eigenvalue weighted by molar-refractivity contribution is 5.86. The van der Waals surface area contributed by atoms with Crippen LogP contribution >= 0.6 is 0 Å². The first kappa shape index (κ1) is 23.3. The first-order valence-corrected chi connectivity index (χ1v) is 11.7. The van der Waals surface area contributed by atoms with E-state index in [1.807, 2.05) is 13.8 Å². The van der Waals surface area contributed by atoms with Crippen molar-refractivity contribution >= 4 is 21.5 Å². The van der Waals surface area contributed by atoms with E-state index in [0.717, 1.165) is 6.42 Å². The summed E-state index contributed by atoms with van der Waals surface area (Å²) >= 11 is 0. The Labute approximate surface area is 193 Å². The Balaban J connectivity index is 0.000000173. The van der Waals surface area contributed by atoms with Crippen molar-refractivity contribution in [2.24, 2.45) is 0 Å². The molecular weight excluding hydrogens is 384 g/mol. The number of hydrogen-bond donors (Lipinski definition) is 0. The molecule has 32 heavy (non-hydrogen) atoms. The van der Waals surface area contributed by atoms with E-state index < -0.39 is 0 Å². The molecule has 5 aromatic carbocycles. The van der Waals surface area contributed by atoms with E-state index in [9.17, 15) is 0 Å². The molecule has 0 amide bonds. The second-order valence-corrected chi connectivity index (χ2v) is 8.02. The third-order valence-electron chi connectivity index (χ3n) is 5.56. The second kappa shape index (κ2) is 11.9. The molecule has 0 heteroatoms. The van der Waals surface area contributed by atoms with Gasteiger partial charge in [0.1, 0.15) is 0 Å². The molecule has 0 bridgehead atoms. The molecule has 0 atom stereocenters. The van der Waals surface area contributed by atoms with Gasteiger partial charge in [-0.1, -0.05) is 143 Å². The summed E-state index contributed by atoms with van der Waals surface area (Å²) in [5.41, 5.74) is 4.20. The molecule has 0 saturated carbocycles. The maximum atomic E-state index is 2.24. The van der Waals surface area contributed by atoms with Crippen LogP contribution in [0, 0.1) is 0 Å². The predicted molar refractivity (Wildman–Crippen MR) is 143 cm³/mol. The maximum Gasteiger partial charge on any atom is -0.00196 e. The average Bonchev–Trinajstić information content (AvgIpc) is 2.86. The van der Waals surface area contributed by atoms with Gasteiger partial charge in [0.15, 0.2) is 0 Å². The lowest BCUT2D eigenvalue weighted by Crippen LogP contribution is -1.89. The van der Waals surface area contributed by atoms with Crippen molar-refractivity contribution in [2.75, 3.05) is 0 Å². The van der Waals surface area contributed by atoms with E-state index in [1.165, 1.54) is 38.2 Å². The van der Waals surface area contributed by atoms with E-state index in [-0.39, 0.29) is 0 Å². The normalized spacial score (nSPS) is 10.3. The lowest BCUT2D eigenvalue weighted by molar-refractivity contribution is 0.876. The molecule has 0 nitrogen and oxygen atoms in total. The monoisotopic (exact) mass is 418 g/mol. The van der Waals surface area contributed by atoms with Crippen molar-refractivity contribution in [3.8, 4) is 0 Å². The molecule has 0 heterocycles. The summed E-state index contributed by atoms with van der Waals surface area (Å²) in [7, 11) is 0. The number of hydrogen-bond acceptors (Lipinski definition) is 0. The van der Waals surface area contributed by atoms with Crippen molar-refractivity contribution in [1.29, 1.82) is 0 Å². The molecular formula is C32H34. The fourth-order valence-electron chi connectivity index (χ4n) is 4.02. The van der Waals surface area contributed by atoms with Gasteiger partial charge in [0, 0.05) is 0 Å². The molecule has 0 spiro atoms. The quantitative estimate of drug-likeness (QED) is 0.274. The third-order valence-corrected chi connectivity index (χ3v) is 5.56. The zero-order chi connectivity index (χ0) is 22.8. The van der Waals surface area contributed by atoms with Crippen LogP contribution < -0.4 is 0 Å². The van der Waals surface area contributed by atoms with Crippen LogP contribution in [0.5, 0.6) is 0 Å². The highest BCUT2D eigenvalue weighted by Gasteiger charge is 2.03. The summed E-state index contributed by atoms with van der Waals surface area (Å²) in [6.07, 6.45) is 1.00. The van der Waals surface area contributed by atoms with Crippen LogP contribution in [0.2, 0.25) is 0 Å². The molecule has 0 unspecified atom stereocenters. The minimum absolute atomic E-state index is 0.603. The van der Waals surface area contributed by atoms with E-state index in [1.54, 1.807) is 0 Å². The standard InChI is InChI=1S/C17H14.C13H14.C2H6/c1-2-7-14(8-3-1)13-16-11-6-10-15-9-4-5-12-17(15)16;1-10(2)12-9-5-7-11-6-3-4-8-13(11)12;1-2/h1-12H,13H2;3-10H,1-2H3;1-2H3. The SMILES string of the molecule is CC.CC(C)c1cccc2ccccc12.c1ccc(Cc2cccc3ccccc23)cc1. The lowest BCUT2D eigenvalue weighted by Gasteiger charge is -2.08. The summed E-state index contributed by atoms with van der Waals surface area (Å²) in [6.45, 7) is 8.48. The number of fused-ring (bicyclic) bond motifs is 2. The summed E-state index contributed by atoms with van der Waals surface area (Å²) in [4.78, 5) is 0. The minimum Gasteiger partial charge on any atom is -0.0683 e. The predicted octanol–water partition coefficient (Wildman–Crippen LogP) is 9.42. The summed E-state index contributed by atoms with van der Waals surface area (Å²) < 4.78 is 0. The highest BCUT2D eigenvalue weighted by atomic mass is 14.1. The fourth-order valence-corrected chi connectivity index (χ4v) is 4.02. The molecule has 0 fully saturated rings. The lowest BCUT2D eigenvalue weighted by atomic mass is 9.96. The molecule has 5 rings (SSSR count). The van der Waals surface area contributed by atoms with Gasteiger partial charge in [0.25, 0.3) is 0 Å². The summed E-state index contributed by atoms with van der Waals surface area (Å²) in [5, 5.41) is 5.41. The Bertz CT molecular complexity index is 1220. The Morgan fingerprint density at radius 1 is 0.500 bits per heavy atom. The molecule has 0 N–H and O–H groups in total. The largest absolute Gasteiger partial charge is 0.0683 e. The summed E-state index contributed by atoms with van der Waals surface area (Å²) in [5.74, 6) is 0.603. The Morgan fingerprint density at radius 2 is 1.00 bits per heavy atom. The van der Waals surface area contributed by atoms with Gasteiger partial charge in [-0.3, -0.25) is 0 Å². The number of rotatable bonds is 3. The second-order valence-electron chi connectivity index (χ2n) is 8.02. The topological polar surface area (TPSA) is 0 Å². The van der Waals surface area contributed by atoms with Crippen LogP contribution in [0.15, 0.2) is 115 Å². The highest BCUT2D eigenvalue weighted by Crippen LogP contribution is 2.24. The Hall–Kier alpha value is -3.38. The minimum atomic E-state index is 0.603. The van der Waals surface area contributed by atoms with Crippen LogP contribution in [0.4, 0.5) is 0 Å². The molecule has 0 aromatic heterocycles. The van der Waals surface area contributed by atoms with Gasteiger partial charge in [0.05, 0.1) is 0 Å². The van der Waals surface area contributed by atoms with Gasteiger partial charge in [-0.2, -0.15) is 0 Å². The van der Waals surface area contributed by atoms with E-state index in [2.05, 4.69) is 129 Å². The van der Waals surface area contributed by atoms with Crippen molar-refractivity contribution in [3.63, 3.8) is 0 Å². The zero-order valence-electron chi connectivity index (χ0n) is 19.8. The van der Waals surface area contributed by atoms with Crippen molar-refractivity contribution < 1.29 is 0 Å². The third kappa shape index (κ3) is 5.86.